The third-order valence-corrected chi connectivity index (χ3v) is 2.89. The zero-order chi connectivity index (χ0) is 14.1. The molecule has 1 aromatic carbocycles. The molecule has 3 aromatic rings. The minimum atomic E-state index is -0.346. The molecule has 20 heavy (non-hydrogen) atoms. The van der Waals surface area contributed by atoms with E-state index in [4.69, 9.17) is 14.9 Å². The number of ether oxygens (including phenoxy) is 1. The van der Waals surface area contributed by atoms with Gasteiger partial charge in [-0.1, -0.05) is 0 Å². The average molecular weight is 287 g/mol. The molecule has 7 heteroatoms. The molecular formula is C13H9N3O3S. The van der Waals surface area contributed by atoms with Gasteiger partial charge in [-0.2, -0.15) is 4.98 Å². The molecule has 0 atom stereocenters. The van der Waals surface area contributed by atoms with Gasteiger partial charge in [-0.05, 0) is 12.1 Å². The van der Waals surface area contributed by atoms with E-state index in [1.54, 1.807) is 24.3 Å². The summed E-state index contributed by atoms with van der Waals surface area (Å²) in [7, 11) is 0. The molecule has 0 radical (unpaired) electrons. The largest absolute Gasteiger partial charge is 0.463 e. The van der Waals surface area contributed by atoms with Crippen molar-refractivity contribution in [1.29, 1.82) is 0 Å². The molecule has 0 bridgehead atoms. The molecule has 0 saturated heterocycles. The van der Waals surface area contributed by atoms with Crippen LogP contribution < -0.4 is 10.5 Å². The summed E-state index contributed by atoms with van der Waals surface area (Å²) in [6, 6.07) is 6.68. The van der Waals surface area contributed by atoms with E-state index < -0.39 is 0 Å². The molecule has 2 aromatic heterocycles. The highest BCUT2D eigenvalue weighted by molar-refractivity contribution is 7.97. The summed E-state index contributed by atoms with van der Waals surface area (Å²) < 4.78 is 10.8. The van der Waals surface area contributed by atoms with E-state index in [-0.39, 0.29) is 11.1 Å². The first-order chi connectivity index (χ1) is 9.63. The maximum Gasteiger partial charge on any atom is 0.224 e. The number of hydrogen-bond acceptors (Lipinski definition) is 6. The van der Waals surface area contributed by atoms with E-state index >= 15 is 0 Å². The lowest BCUT2D eigenvalue weighted by Crippen LogP contribution is -1.95. The van der Waals surface area contributed by atoms with Crippen LogP contribution in [0.2, 0.25) is 0 Å². The van der Waals surface area contributed by atoms with Crippen LogP contribution in [0.1, 0.15) is 10.4 Å². The van der Waals surface area contributed by atoms with E-state index in [2.05, 4.69) is 22.6 Å². The number of nitrogens with two attached hydrogens (primary N) is 1. The number of nitrogens with zero attached hydrogens (tertiary/aromatic N) is 2. The van der Waals surface area contributed by atoms with Crippen LogP contribution in [0, 0.1) is 0 Å². The molecule has 0 aliphatic heterocycles. The molecule has 3 rings (SSSR count). The number of rotatable bonds is 3. The Morgan fingerprint density at radius 2 is 2.20 bits per heavy atom. The molecule has 2 heterocycles. The predicted octanol–water partition coefficient (Wildman–Crippen LogP) is 2.67. The molecule has 0 unspecified atom stereocenters. The normalized spacial score (nSPS) is 10.7. The molecule has 0 spiro atoms. The maximum absolute atomic E-state index is 11.3. The quantitative estimate of drug-likeness (QED) is 0.720. The van der Waals surface area contributed by atoms with Crippen molar-refractivity contribution < 1.29 is 13.9 Å². The topological polar surface area (TPSA) is 91.2 Å². The van der Waals surface area contributed by atoms with Crippen LogP contribution in [-0.4, -0.2) is 15.1 Å². The molecule has 0 aliphatic carbocycles. The van der Waals surface area contributed by atoms with Gasteiger partial charge in [0.25, 0.3) is 0 Å². The zero-order valence-electron chi connectivity index (χ0n) is 10.1. The van der Waals surface area contributed by atoms with Gasteiger partial charge < -0.3 is 14.9 Å². The van der Waals surface area contributed by atoms with Gasteiger partial charge in [0.05, 0.1) is 5.56 Å². The van der Waals surface area contributed by atoms with Crippen molar-refractivity contribution in [3.63, 3.8) is 0 Å². The Morgan fingerprint density at radius 1 is 1.35 bits per heavy atom. The van der Waals surface area contributed by atoms with Crippen molar-refractivity contribution in [2.75, 3.05) is 5.73 Å². The van der Waals surface area contributed by atoms with Crippen molar-refractivity contribution in [1.82, 2.24) is 9.97 Å². The Labute approximate surface area is 119 Å². The Kier molecular flexibility index (Phi) is 3.03. The second kappa shape index (κ2) is 4.86. The predicted molar refractivity (Wildman–Crippen MR) is 76.0 cm³/mol. The third kappa shape index (κ3) is 2.30. The summed E-state index contributed by atoms with van der Waals surface area (Å²) in [5, 5.41) is 0.334. The first-order valence-electron chi connectivity index (χ1n) is 5.64. The highest BCUT2D eigenvalue weighted by atomic mass is 32.1. The van der Waals surface area contributed by atoms with Crippen LogP contribution in [0.15, 0.2) is 41.1 Å². The monoisotopic (exact) mass is 287 g/mol. The number of aromatic nitrogens is 2. The van der Waals surface area contributed by atoms with Gasteiger partial charge in [0.1, 0.15) is 17.6 Å². The van der Waals surface area contributed by atoms with Gasteiger partial charge >= 0.3 is 0 Å². The summed E-state index contributed by atoms with van der Waals surface area (Å²) in [6.07, 6.45) is 2.87. The fraction of sp³-hybridized carbons (Fsp3) is 0. The number of nitrogen functional groups attached to an aromatic ring is 1. The van der Waals surface area contributed by atoms with Gasteiger partial charge in [-0.25, -0.2) is 4.98 Å². The van der Waals surface area contributed by atoms with E-state index in [0.29, 0.717) is 28.2 Å². The van der Waals surface area contributed by atoms with E-state index in [1.165, 1.54) is 12.5 Å². The molecule has 0 fully saturated rings. The van der Waals surface area contributed by atoms with Crippen LogP contribution in [-0.2, 0) is 0 Å². The Hall–Kier alpha value is -2.54. The van der Waals surface area contributed by atoms with Crippen LogP contribution in [0.25, 0.3) is 11.0 Å². The summed E-state index contributed by atoms with van der Waals surface area (Å²) >= 11 is 3.79. The molecule has 100 valence electrons. The minimum absolute atomic E-state index is 0.129. The molecule has 2 N–H and O–H groups in total. The number of hydrogen-bond donors (Lipinski definition) is 2. The molecule has 0 aliphatic rings. The van der Waals surface area contributed by atoms with Crippen LogP contribution >= 0.6 is 12.6 Å². The van der Waals surface area contributed by atoms with Gasteiger partial charge in [0, 0.05) is 23.7 Å². The second-order valence-corrected chi connectivity index (χ2v) is 4.37. The SMILES string of the molecule is Nc1nccc(Oc2ccc3c(C(=O)S)coc3c2)n1. The average Bonchev–Trinajstić information content (AvgIpc) is 2.82. The van der Waals surface area contributed by atoms with Crippen LogP contribution in [0.3, 0.4) is 0 Å². The standard InChI is InChI=1S/C13H9N3O3S/c14-13-15-4-3-11(16-13)19-7-1-2-8-9(12(17)20)6-18-10(8)5-7/h1-6H,(H,17,20)(H2,14,15,16). The first-order valence-corrected chi connectivity index (χ1v) is 6.09. The summed E-state index contributed by atoms with van der Waals surface area (Å²) in [5.41, 5.74) is 6.42. The fourth-order valence-corrected chi connectivity index (χ4v) is 1.94. The summed E-state index contributed by atoms with van der Waals surface area (Å²) in [6.45, 7) is 0. The number of furan rings is 1. The van der Waals surface area contributed by atoms with Crippen molar-refractivity contribution in [3.05, 3.63) is 42.3 Å². The van der Waals surface area contributed by atoms with Crippen molar-refractivity contribution in [2.24, 2.45) is 0 Å². The Balaban J connectivity index is 1.95. The highest BCUT2D eigenvalue weighted by Gasteiger charge is 2.11. The lowest BCUT2D eigenvalue weighted by atomic mass is 10.2. The number of fused-ring (bicyclic) bond motifs is 1. The number of thiol groups is 1. The number of carbonyl (C=O) groups is 1. The van der Waals surface area contributed by atoms with E-state index in [1.807, 2.05) is 0 Å². The molecule has 0 amide bonds. The second-order valence-electron chi connectivity index (χ2n) is 3.97. The van der Waals surface area contributed by atoms with Crippen molar-refractivity contribution in [3.8, 4) is 11.6 Å². The van der Waals surface area contributed by atoms with Gasteiger partial charge in [0.2, 0.25) is 16.9 Å². The highest BCUT2D eigenvalue weighted by Crippen LogP contribution is 2.28. The van der Waals surface area contributed by atoms with Gasteiger partial charge in [-0.15, -0.1) is 12.6 Å². The smallest absolute Gasteiger partial charge is 0.224 e. The molecule has 6 nitrogen and oxygen atoms in total. The lowest BCUT2D eigenvalue weighted by molar-refractivity contribution is 0.109. The molecular weight excluding hydrogens is 278 g/mol. The molecule has 0 saturated carbocycles. The van der Waals surface area contributed by atoms with E-state index in [0.717, 1.165) is 0 Å². The van der Waals surface area contributed by atoms with Crippen molar-refractivity contribution >= 4 is 34.7 Å². The summed E-state index contributed by atoms with van der Waals surface area (Å²) in [4.78, 5) is 19.0. The van der Waals surface area contributed by atoms with Crippen molar-refractivity contribution in [2.45, 2.75) is 0 Å². The first kappa shape index (κ1) is 12.5. The number of anilines is 1. The van der Waals surface area contributed by atoms with Crippen LogP contribution in [0.4, 0.5) is 5.95 Å². The van der Waals surface area contributed by atoms with Gasteiger partial charge in [-0.3, -0.25) is 4.79 Å². The lowest BCUT2D eigenvalue weighted by Gasteiger charge is -2.04. The Bertz CT molecular complexity index is 800. The zero-order valence-corrected chi connectivity index (χ0v) is 11.0. The third-order valence-electron chi connectivity index (χ3n) is 2.65. The summed E-state index contributed by atoms with van der Waals surface area (Å²) in [5.74, 6) is 0.974. The Morgan fingerprint density at radius 3 is 2.95 bits per heavy atom. The van der Waals surface area contributed by atoms with E-state index in [9.17, 15) is 4.79 Å². The van der Waals surface area contributed by atoms with Gasteiger partial charge in [0.15, 0.2) is 0 Å². The minimum Gasteiger partial charge on any atom is -0.463 e. The fourth-order valence-electron chi connectivity index (χ4n) is 1.77. The number of benzene rings is 1. The maximum atomic E-state index is 11.3. The number of carbonyl (C=O) groups excluding carboxylic acids is 1. The van der Waals surface area contributed by atoms with Crippen LogP contribution in [0.5, 0.6) is 11.6 Å².